The van der Waals surface area contributed by atoms with E-state index in [1.807, 2.05) is 0 Å². The van der Waals surface area contributed by atoms with Gasteiger partial charge in [-0.2, -0.15) is 13.2 Å². The highest BCUT2D eigenvalue weighted by Gasteiger charge is 2.30. The molecule has 1 aromatic heterocycles. The summed E-state index contributed by atoms with van der Waals surface area (Å²) in [6.07, 6.45) is 0.149. The molecule has 1 aromatic carbocycles. The maximum atomic E-state index is 12.7. The van der Waals surface area contributed by atoms with Crippen LogP contribution in [0.1, 0.15) is 24.8 Å². The molecule has 2 rings (SSSR count). The maximum Gasteiger partial charge on any atom is 0.416 e. The van der Waals surface area contributed by atoms with Crippen molar-refractivity contribution >= 4 is 26.8 Å². The number of ether oxygens (including phenoxy) is 1. The van der Waals surface area contributed by atoms with E-state index < -0.39 is 11.7 Å². The number of benzene rings is 1. The number of nitrogens with zero attached hydrogens (tertiary/aromatic N) is 1. The third kappa shape index (κ3) is 4.33. The number of hydrogen-bond donors (Lipinski definition) is 0. The zero-order valence-corrected chi connectivity index (χ0v) is 12.9. The lowest BCUT2D eigenvalue weighted by molar-refractivity contribution is -0.137. The van der Waals surface area contributed by atoms with Crippen molar-refractivity contribution in [1.29, 1.82) is 0 Å². The number of halogens is 4. The SMILES string of the molecule is FC(F)(F)c1ccc2c(OCCCCCBr)ccnc2c1. The number of rotatable bonds is 6. The normalized spacial score (nSPS) is 11.8. The highest BCUT2D eigenvalue weighted by molar-refractivity contribution is 9.09. The highest BCUT2D eigenvalue weighted by atomic mass is 79.9. The Morgan fingerprint density at radius 3 is 2.62 bits per heavy atom. The molecule has 0 aliphatic carbocycles. The van der Waals surface area contributed by atoms with Crippen LogP contribution in [-0.2, 0) is 6.18 Å². The predicted octanol–water partition coefficient (Wildman–Crippen LogP) is 5.20. The van der Waals surface area contributed by atoms with Gasteiger partial charge in [-0.1, -0.05) is 15.9 Å². The summed E-state index contributed by atoms with van der Waals surface area (Å²) in [5.74, 6) is 0.576. The molecular formula is C15H15BrF3NO. The first kappa shape index (κ1) is 16.1. The van der Waals surface area contributed by atoms with Crippen LogP contribution in [0.3, 0.4) is 0 Å². The standard InChI is InChI=1S/C15H15BrF3NO/c16-7-2-1-3-9-21-14-6-8-20-13-10-11(15(17,18)19)4-5-12(13)14/h4-6,8,10H,1-3,7,9H2. The topological polar surface area (TPSA) is 22.1 Å². The van der Waals surface area contributed by atoms with Crippen molar-refractivity contribution < 1.29 is 17.9 Å². The molecule has 114 valence electrons. The van der Waals surface area contributed by atoms with Gasteiger partial charge in [0.05, 0.1) is 17.7 Å². The Morgan fingerprint density at radius 2 is 1.90 bits per heavy atom. The Kier molecular flexibility index (Phi) is 5.45. The lowest BCUT2D eigenvalue weighted by atomic mass is 10.1. The molecule has 0 spiro atoms. The summed E-state index contributed by atoms with van der Waals surface area (Å²) in [6, 6.07) is 5.20. The molecule has 0 radical (unpaired) electrons. The van der Waals surface area contributed by atoms with E-state index in [0.29, 0.717) is 23.3 Å². The van der Waals surface area contributed by atoms with Crippen molar-refractivity contribution in [2.24, 2.45) is 0 Å². The predicted molar refractivity (Wildman–Crippen MR) is 79.9 cm³/mol. The molecule has 1 heterocycles. The van der Waals surface area contributed by atoms with Crippen molar-refractivity contribution in [2.45, 2.75) is 25.4 Å². The van der Waals surface area contributed by atoms with E-state index in [-0.39, 0.29) is 0 Å². The minimum atomic E-state index is -4.36. The second-order valence-corrected chi connectivity index (χ2v) is 5.43. The molecule has 0 fully saturated rings. The van der Waals surface area contributed by atoms with Crippen molar-refractivity contribution in [3.8, 4) is 5.75 Å². The van der Waals surface area contributed by atoms with Crippen LogP contribution in [0.15, 0.2) is 30.5 Å². The van der Waals surface area contributed by atoms with Gasteiger partial charge in [0.1, 0.15) is 5.75 Å². The molecule has 0 saturated heterocycles. The molecule has 2 nitrogen and oxygen atoms in total. The second kappa shape index (κ2) is 7.11. The lowest BCUT2D eigenvalue weighted by Crippen LogP contribution is -2.05. The smallest absolute Gasteiger partial charge is 0.416 e. The molecule has 21 heavy (non-hydrogen) atoms. The van der Waals surface area contributed by atoms with Gasteiger partial charge in [-0.3, -0.25) is 4.98 Å². The second-order valence-electron chi connectivity index (χ2n) is 4.64. The van der Waals surface area contributed by atoms with Gasteiger partial charge in [0, 0.05) is 16.9 Å². The zero-order valence-electron chi connectivity index (χ0n) is 11.3. The average Bonchev–Trinajstić information content (AvgIpc) is 2.45. The molecule has 0 bridgehead atoms. The summed E-state index contributed by atoms with van der Waals surface area (Å²) in [6.45, 7) is 0.549. The first-order chi connectivity index (χ1) is 10.0. The maximum absolute atomic E-state index is 12.7. The van der Waals surface area contributed by atoms with Crippen molar-refractivity contribution in [3.05, 3.63) is 36.0 Å². The van der Waals surface area contributed by atoms with Crippen molar-refractivity contribution in [3.63, 3.8) is 0 Å². The highest BCUT2D eigenvalue weighted by Crippen LogP contribution is 2.33. The summed E-state index contributed by atoms with van der Waals surface area (Å²) in [5.41, 5.74) is -0.403. The van der Waals surface area contributed by atoms with Gasteiger partial charge in [0.2, 0.25) is 0 Å². The third-order valence-electron chi connectivity index (χ3n) is 3.07. The van der Waals surface area contributed by atoms with Crippen LogP contribution < -0.4 is 4.74 Å². The fraction of sp³-hybridized carbons (Fsp3) is 0.400. The van der Waals surface area contributed by atoms with Gasteiger partial charge >= 0.3 is 6.18 Å². The van der Waals surface area contributed by atoms with Crippen LogP contribution in [0, 0.1) is 0 Å². The molecule has 0 amide bonds. The van der Waals surface area contributed by atoms with Gasteiger partial charge in [-0.25, -0.2) is 0 Å². The minimum absolute atomic E-state index is 0.294. The number of hydrogen-bond acceptors (Lipinski definition) is 2. The Balaban J connectivity index is 2.14. The van der Waals surface area contributed by atoms with E-state index in [1.54, 1.807) is 6.07 Å². The van der Waals surface area contributed by atoms with Crippen LogP contribution in [0.4, 0.5) is 13.2 Å². The average molecular weight is 362 g/mol. The van der Waals surface area contributed by atoms with E-state index in [9.17, 15) is 13.2 Å². The van der Waals surface area contributed by atoms with Crippen LogP contribution in [0.25, 0.3) is 10.9 Å². The number of alkyl halides is 4. The Morgan fingerprint density at radius 1 is 1.10 bits per heavy atom. The van der Waals surface area contributed by atoms with Crippen molar-refractivity contribution in [2.75, 3.05) is 11.9 Å². The van der Waals surface area contributed by atoms with Crippen LogP contribution in [0.2, 0.25) is 0 Å². The summed E-state index contributed by atoms with van der Waals surface area (Å²) >= 11 is 3.36. The van der Waals surface area contributed by atoms with E-state index in [0.717, 1.165) is 36.7 Å². The summed E-state index contributed by atoms with van der Waals surface area (Å²) in [5, 5.41) is 1.57. The van der Waals surface area contributed by atoms with Crippen LogP contribution in [-0.4, -0.2) is 16.9 Å². The molecule has 6 heteroatoms. The number of aromatic nitrogens is 1. The van der Waals surface area contributed by atoms with Gasteiger partial charge < -0.3 is 4.74 Å². The molecule has 0 atom stereocenters. The fourth-order valence-electron chi connectivity index (χ4n) is 1.98. The van der Waals surface area contributed by atoms with Crippen molar-refractivity contribution in [1.82, 2.24) is 4.98 Å². The van der Waals surface area contributed by atoms with E-state index in [2.05, 4.69) is 20.9 Å². The molecule has 0 aliphatic heterocycles. The number of pyridine rings is 1. The molecule has 2 aromatic rings. The number of unbranched alkanes of at least 4 members (excludes halogenated alkanes) is 2. The monoisotopic (exact) mass is 361 g/mol. The molecule has 0 unspecified atom stereocenters. The van der Waals surface area contributed by atoms with Gasteiger partial charge in [0.25, 0.3) is 0 Å². The zero-order chi connectivity index (χ0) is 15.3. The van der Waals surface area contributed by atoms with Gasteiger partial charge in [-0.05, 0) is 43.5 Å². The van der Waals surface area contributed by atoms with E-state index in [4.69, 9.17) is 4.74 Å². The third-order valence-corrected chi connectivity index (χ3v) is 3.63. The van der Waals surface area contributed by atoms with Gasteiger partial charge in [-0.15, -0.1) is 0 Å². The summed E-state index contributed by atoms with van der Waals surface area (Å²) in [4.78, 5) is 3.99. The molecular weight excluding hydrogens is 347 g/mol. The Labute approximate surface area is 129 Å². The number of fused-ring (bicyclic) bond motifs is 1. The van der Waals surface area contributed by atoms with Crippen LogP contribution >= 0.6 is 15.9 Å². The summed E-state index contributed by atoms with van der Waals surface area (Å²) in [7, 11) is 0. The quantitative estimate of drug-likeness (QED) is 0.521. The van der Waals surface area contributed by atoms with E-state index in [1.165, 1.54) is 12.3 Å². The first-order valence-electron chi connectivity index (χ1n) is 6.67. The molecule has 0 saturated carbocycles. The Bertz CT molecular complexity index is 601. The van der Waals surface area contributed by atoms with Crippen LogP contribution in [0.5, 0.6) is 5.75 Å². The molecule has 0 N–H and O–H groups in total. The fourth-order valence-corrected chi connectivity index (χ4v) is 2.38. The molecule has 0 aliphatic rings. The first-order valence-corrected chi connectivity index (χ1v) is 7.79. The Hall–Kier alpha value is -1.30. The van der Waals surface area contributed by atoms with Gasteiger partial charge in [0.15, 0.2) is 0 Å². The largest absolute Gasteiger partial charge is 0.493 e. The summed E-state index contributed by atoms with van der Waals surface area (Å²) < 4.78 is 43.7. The van der Waals surface area contributed by atoms with E-state index >= 15 is 0 Å². The minimum Gasteiger partial charge on any atom is -0.493 e. The lowest BCUT2D eigenvalue weighted by Gasteiger charge is -2.11.